The number of rotatable bonds is 5. The van der Waals surface area contributed by atoms with E-state index in [1.165, 1.54) is 38.5 Å². The molecule has 2 saturated heterocycles. The molecule has 5 heteroatoms. The Morgan fingerprint density at radius 2 is 1.96 bits per heavy atom. The molecule has 1 aliphatic carbocycles. The zero-order valence-electron chi connectivity index (χ0n) is 16.9. The van der Waals surface area contributed by atoms with Gasteiger partial charge in [-0.2, -0.15) is 0 Å². The maximum Gasteiger partial charge on any atom is 0.193 e. The minimum Gasteiger partial charge on any atom is -0.376 e. The molecule has 26 heavy (non-hydrogen) atoms. The van der Waals surface area contributed by atoms with Gasteiger partial charge in [-0.25, -0.2) is 0 Å². The van der Waals surface area contributed by atoms with E-state index in [2.05, 4.69) is 22.1 Å². The molecule has 2 heterocycles. The molecular weight excluding hydrogens is 326 g/mol. The van der Waals surface area contributed by atoms with E-state index in [1.54, 1.807) is 0 Å². The van der Waals surface area contributed by atoms with Crippen molar-refractivity contribution < 1.29 is 9.47 Å². The fourth-order valence-corrected chi connectivity index (χ4v) is 4.73. The molecule has 150 valence electrons. The van der Waals surface area contributed by atoms with Gasteiger partial charge in [0.25, 0.3) is 0 Å². The SMILES string of the molecule is CN=C(NCC1CCCC(C)C1)N1CCC(OCC2CCCCO2)CC1. The number of likely N-dealkylation sites (tertiary alicyclic amines) is 1. The van der Waals surface area contributed by atoms with Gasteiger partial charge in [-0.15, -0.1) is 0 Å². The van der Waals surface area contributed by atoms with Crippen molar-refractivity contribution in [3.05, 3.63) is 0 Å². The topological polar surface area (TPSA) is 46.1 Å². The van der Waals surface area contributed by atoms with Crippen LogP contribution in [-0.2, 0) is 9.47 Å². The van der Waals surface area contributed by atoms with Crippen LogP contribution in [0.4, 0.5) is 0 Å². The van der Waals surface area contributed by atoms with E-state index < -0.39 is 0 Å². The summed E-state index contributed by atoms with van der Waals surface area (Å²) in [4.78, 5) is 6.94. The molecular formula is C21H39N3O2. The van der Waals surface area contributed by atoms with Crippen LogP contribution in [0.3, 0.4) is 0 Å². The van der Waals surface area contributed by atoms with Crippen LogP contribution in [0.25, 0.3) is 0 Å². The first-order valence-corrected chi connectivity index (χ1v) is 10.9. The predicted molar refractivity (Wildman–Crippen MR) is 107 cm³/mol. The van der Waals surface area contributed by atoms with Gasteiger partial charge in [0.2, 0.25) is 0 Å². The molecule has 1 N–H and O–H groups in total. The van der Waals surface area contributed by atoms with Crippen molar-refractivity contribution >= 4 is 5.96 Å². The lowest BCUT2D eigenvalue weighted by Gasteiger charge is -2.36. The summed E-state index contributed by atoms with van der Waals surface area (Å²) in [7, 11) is 1.91. The van der Waals surface area contributed by atoms with E-state index in [1.807, 2.05) is 7.05 Å². The Bertz CT molecular complexity index is 429. The maximum absolute atomic E-state index is 6.14. The third-order valence-electron chi connectivity index (χ3n) is 6.34. The quantitative estimate of drug-likeness (QED) is 0.599. The van der Waals surface area contributed by atoms with Crippen molar-refractivity contribution in [1.29, 1.82) is 0 Å². The lowest BCUT2D eigenvalue weighted by atomic mass is 9.82. The van der Waals surface area contributed by atoms with Crippen LogP contribution < -0.4 is 5.32 Å². The molecule has 3 fully saturated rings. The Morgan fingerprint density at radius 1 is 1.12 bits per heavy atom. The highest BCUT2D eigenvalue weighted by molar-refractivity contribution is 5.79. The summed E-state index contributed by atoms with van der Waals surface area (Å²) in [5.74, 6) is 2.78. The Labute approximate surface area is 159 Å². The van der Waals surface area contributed by atoms with Gasteiger partial charge in [-0.1, -0.05) is 19.8 Å². The molecule has 0 aromatic rings. The normalized spacial score (nSPS) is 31.8. The van der Waals surface area contributed by atoms with Crippen LogP contribution >= 0.6 is 0 Å². The average Bonchev–Trinajstić information content (AvgIpc) is 2.69. The summed E-state index contributed by atoms with van der Waals surface area (Å²) < 4.78 is 11.9. The lowest BCUT2D eigenvalue weighted by molar-refractivity contribution is -0.0721. The number of ether oxygens (including phenoxy) is 2. The molecule has 3 atom stereocenters. The van der Waals surface area contributed by atoms with Crippen LogP contribution in [-0.4, -0.2) is 63.0 Å². The molecule has 0 bridgehead atoms. The number of hydrogen-bond acceptors (Lipinski definition) is 3. The largest absolute Gasteiger partial charge is 0.376 e. The fourth-order valence-electron chi connectivity index (χ4n) is 4.73. The molecule has 3 unspecified atom stereocenters. The zero-order valence-corrected chi connectivity index (χ0v) is 16.9. The van der Waals surface area contributed by atoms with Gasteiger partial charge in [0.05, 0.1) is 18.8 Å². The second-order valence-corrected chi connectivity index (χ2v) is 8.57. The highest BCUT2D eigenvalue weighted by Gasteiger charge is 2.25. The van der Waals surface area contributed by atoms with Gasteiger partial charge in [0, 0.05) is 33.3 Å². The molecule has 5 nitrogen and oxygen atoms in total. The van der Waals surface area contributed by atoms with E-state index in [9.17, 15) is 0 Å². The molecule has 0 spiro atoms. The van der Waals surface area contributed by atoms with E-state index in [-0.39, 0.29) is 0 Å². The standard InChI is InChI=1S/C21H39N3O2/c1-17-6-5-7-18(14-17)15-23-21(22-2)24-11-9-19(10-12-24)26-16-20-8-3-4-13-25-20/h17-20H,3-16H2,1-2H3,(H,22,23). The molecule has 3 aliphatic rings. The smallest absolute Gasteiger partial charge is 0.193 e. The highest BCUT2D eigenvalue weighted by Crippen LogP contribution is 2.28. The highest BCUT2D eigenvalue weighted by atomic mass is 16.5. The van der Waals surface area contributed by atoms with Crippen molar-refractivity contribution in [3.8, 4) is 0 Å². The second-order valence-electron chi connectivity index (χ2n) is 8.57. The van der Waals surface area contributed by atoms with E-state index in [4.69, 9.17) is 9.47 Å². The summed E-state index contributed by atoms with van der Waals surface area (Å²) in [6.45, 7) is 7.23. The Balaban J connectivity index is 1.34. The third-order valence-corrected chi connectivity index (χ3v) is 6.34. The average molecular weight is 366 g/mol. The predicted octanol–water partition coefficient (Wildman–Crippen LogP) is 3.44. The van der Waals surface area contributed by atoms with Gasteiger partial charge in [-0.05, 0) is 56.8 Å². The number of guanidine groups is 1. The summed E-state index contributed by atoms with van der Waals surface area (Å²) in [5.41, 5.74) is 0. The molecule has 2 aliphatic heterocycles. The monoisotopic (exact) mass is 365 g/mol. The minimum atomic E-state index is 0.328. The second kappa shape index (κ2) is 10.5. The van der Waals surface area contributed by atoms with Crippen molar-refractivity contribution in [3.63, 3.8) is 0 Å². The first-order chi connectivity index (χ1) is 12.7. The van der Waals surface area contributed by atoms with Crippen LogP contribution in [0.1, 0.15) is 64.7 Å². The van der Waals surface area contributed by atoms with Gasteiger partial charge < -0.3 is 19.7 Å². The Morgan fingerprint density at radius 3 is 2.65 bits per heavy atom. The molecule has 0 radical (unpaired) electrons. The third kappa shape index (κ3) is 6.12. The maximum atomic E-state index is 6.14. The van der Waals surface area contributed by atoms with E-state index in [0.29, 0.717) is 12.2 Å². The Kier molecular flexibility index (Phi) is 8.06. The molecule has 0 amide bonds. The van der Waals surface area contributed by atoms with Gasteiger partial charge in [0.1, 0.15) is 0 Å². The van der Waals surface area contributed by atoms with Crippen molar-refractivity contribution in [2.24, 2.45) is 16.8 Å². The minimum absolute atomic E-state index is 0.328. The van der Waals surface area contributed by atoms with Gasteiger partial charge >= 0.3 is 0 Å². The van der Waals surface area contributed by atoms with Gasteiger partial charge in [0.15, 0.2) is 5.96 Å². The molecule has 0 aromatic heterocycles. The first-order valence-electron chi connectivity index (χ1n) is 10.9. The first kappa shape index (κ1) is 19.9. The molecule has 3 rings (SSSR count). The van der Waals surface area contributed by atoms with Crippen molar-refractivity contribution in [2.75, 3.05) is 39.9 Å². The number of hydrogen-bond donors (Lipinski definition) is 1. The summed E-state index contributed by atoms with van der Waals surface area (Å²) in [6.07, 6.45) is 12.1. The number of nitrogens with zero attached hydrogens (tertiary/aromatic N) is 2. The van der Waals surface area contributed by atoms with Crippen LogP contribution in [0.2, 0.25) is 0 Å². The van der Waals surface area contributed by atoms with E-state index in [0.717, 1.165) is 69.9 Å². The summed E-state index contributed by atoms with van der Waals surface area (Å²) in [6, 6.07) is 0. The van der Waals surface area contributed by atoms with Gasteiger partial charge in [-0.3, -0.25) is 4.99 Å². The summed E-state index contributed by atoms with van der Waals surface area (Å²) >= 11 is 0. The number of aliphatic imine (C=N–C) groups is 1. The summed E-state index contributed by atoms with van der Waals surface area (Å²) in [5, 5.41) is 3.64. The fraction of sp³-hybridized carbons (Fsp3) is 0.952. The molecule has 1 saturated carbocycles. The lowest BCUT2D eigenvalue weighted by Crippen LogP contribution is -2.48. The molecule has 0 aromatic carbocycles. The van der Waals surface area contributed by atoms with Crippen molar-refractivity contribution in [1.82, 2.24) is 10.2 Å². The number of nitrogens with one attached hydrogen (secondary N) is 1. The van der Waals surface area contributed by atoms with Crippen LogP contribution in [0.15, 0.2) is 4.99 Å². The van der Waals surface area contributed by atoms with Crippen LogP contribution in [0.5, 0.6) is 0 Å². The zero-order chi connectivity index (χ0) is 18.2. The Hall–Kier alpha value is -0.810. The van der Waals surface area contributed by atoms with E-state index >= 15 is 0 Å². The van der Waals surface area contributed by atoms with Crippen molar-refractivity contribution in [2.45, 2.75) is 76.9 Å². The number of piperidine rings is 1. The van der Waals surface area contributed by atoms with Crippen LogP contribution in [0, 0.1) is 11.8 Å².